The Labute approximate surface area is 125 Å². The van der Waals surface area contributed by atoms with Crippen molar-refractivity contribution in [1.29, 1.82) is 0 Å². The van der Waals surface area contributed by atoms with Crippen molar-refractivity contribution >= 4 is 33.6 Å². The summed E-state index contributed by atoms with van der Waals surface area (Å²) in [6.07, 6.45) is 0.240. The zero-order valence-electron chi connectivity index (χ0n) is 11.1. The molecule has 0 bridgehead atoms. The van der Waals surface area contributed by atoms with Crippen LogP contribution in [0, 0.1) is 0 Å². The first-order chi connectivity index (χ1) is 9.51. The number of hydrogen-bond acceptors (Lipinski definition) is 4. The van der Waals surface area contributed by atoms with Gasteiger partial charge in [-0.05, 0) is 40.5 Å². The molecule has 1 heterocycles. The van der Waals surface area contributed by atoms with E-state index in [4.69, 9.17) is 5.73 Å². The minimum atomic E-state index is -0.475. The van der Waals surface area contributed by atoms with E-state index in [1.165, 1.54) is 7.11 Å². The zero-order chi connectivity index (χ0) is 14.7. The summed E-state index contributed by atoms with van der Waals surface area (Å²) in [4.78, 5) is 25.2. The van der Waals surface area contributed by atoms with E-state index in [1.807, 2.05) is 0 Å². The van der Waals surface area contributed by atoms with E-state index in [-0.39, 0.29) is 11.9 Å². The number of halogens is 1. The van der Waals surface area contributed by atoms with Crippen molar-refractivity contribution < 1.29 is 14.3 Å². The van der Waals surface area contributed by atoms with Gasteiger partial charge >= 0.3 is 6.09 Å². The van der Waals surface area contributed by atoms with Crippen LogP contribution in [0.3, 0.4) is 0 Å². The molecular weight excluding hydrogens is 326 g/mol. The van der Waals surface area contributed by atoms with Gasteiger partial charge in [0.15, 0.2) is 0 Å². The third-order valence-electron chi connectivity index (χ3n) is 3.23. The Morgan fingerprint density at radius 1 is 1.50 bits per heavy atom. The van der Waals surface area contributed by atoms with Crippen molar-refractivity contribution in [2.75, 3.05) is 25.9 Å². The molecule has 20 heavy (non-hydrogen) atoms. The number of rotatable bonds is 2. The molecule has 1 unspecified atom stereocenters. The van der Waals surface area contributed by atoms with Gasteiger partial charge in [-0.3, -0.25) is 4.79 Å². The van der Waals surface area contributed by atoms with Crippen LogP contribution < -0.4 is 11.1 Å². The maximum Gasteiger partial charge on any atom is 0.407 e. The molecule has 0 radical (unpaired) electrons. The van der Waals surface area contributed by atoms with Crippen molar-refractivity contribution in [3.63, 3.8) is 0 Å². The minimum absolute atomic E-state index is 0.0702. The van der Waals surface area contributed by atoms with Crippen LogP contribution in [0.1, 0.15) is 16.8 Å². The van der Waals surface area contributed by atoms with E-state index in [0.717, 1.165) is 4.47 Å². The Kier molecular flexibility index (Phi) is 4.49. The third-order valence-corrected chi connectivity index (χ3v) is 3.95. The summed E-state index contributed by atoms with van der Waals surface area (Å²) in [5.74, 6) is -0.0848. The Bertz CT molecular complexity index is 536. The van der Waals surface area contributed by atoms with E-state index in [0.29, 0.717) is 30.8 Å². The first-order valence-electron chi connectivity index (χ1n) is 6.20. The molecular formula is C13H16BrN3O3. The number of nitrogen functional groups attached to an aromatic ring is 1. The molecule has 108 valence electrons. The molecule has 1 aromatic carbocycles. The van der Waals surface area contributed by atoms with Crippen LogP contribution in [0.5, 0.6) is 0 Å². The standard InChI is InChI=1S/C13H16BrN3O3/c1-20-13(19)16-9-4-5-17(7-9)12(18)8-2-3-10(14)11(15)6-8/h2-3,6,9H,4-5,7,15H2,1H3,(H,16,19). The van der Waals surface area contributed by atoms with Gasteiger partial charge in [-0.1, -0.05) is 0 Å². The molecule has 6 nitrogen and oxygen atoms in total. The highest BCUT2D eigenvalue weighted by atomic mass is 79.9. The monoisotopic (exact) mass is 341 g/mol. The number of methoxy groups -OCH3 is 1. The molecule has 1 atom stereocenters. The van der Waals surface area contributed by atoms with Gasteiger partial charge in [-0.15, -0.1) is 0 Å². The van der Waals surface area contributed by atoms with Crippen LogP contribution in [-0.2, 0) is 4.74 Å². The van der Waals surface area contributed by atoms with Crippen LogP contribution in [-0.4, -0.2) is 43.1 Å². The second-order valence-corrected chi connectivity index (χ2v) is 5.46. The average molecular weight is 342 g/mol. The summed E-state index contributed by atoms with van der Waals surface area (Å²) in [5.41, 5.74) is 6.85. The van der Waals surface area contributed by atoms with Crippen molar-refractivity contribution in [1.82, 2.24) is 10.2 Å². The SMILES string of the molecule is COC(=O)NC1CCN(C(=O)c2ccc(Br)c(N)c2)C1. The number of nitrogens with one attached hydrogen (secondary N) is 1. The number of nitrogens with two attached hydrogens (primary N) is 1. The highest BCUT2D eigenvalue weighted by molar-refractivity contribution is 9.10. The lowest BCUT2D eigenvalue weighted by Crippen LogP contribution is -2.38. The fourth-order valence-electron chi connectivity index (χ4n) is 2.15. The van der Waals surface area contributed by atoms with Gasteiger partial charge in [0.05, 0.1) is 13.2 Å². The summed E-state index contributed by atoms with van der Waals surface area (Å²) >= 11 is 3.30. The highest BCUT2D eigenvalue weighted by Gasteiger charge is 2.28. The van der Waals surface area contributed by atoms with Crippen LogP contribution >= 0.6 is 15.9 Å². The number of carbonyl (C=O) groups excluding carboxylic acids is 2. The lowest BCUT2D eigenvalue weighted by Gasteiger charge is -2.17. The number of amides is 2. The predicted molar refractivity (Wildman–Crippen MR) is 78.4 cm³/mol. The van der Waals surface area contributed by atoms with Gasteiger partial charge in [0.25, 0.3) is 5.91 Å². The molecule has 1 aromatic rings. The van der Waals surface area contributed by atoms with Crippen LogP contribution in [0.2, 0.25) is 0 Å². The summed E-state index contributed by atoms with van der Waals surface area (Å²) in [5, 5.41) is 2.70. The lowest BCUT2D eigenvalue weighted by molar-refractivity contribution is 0.0788. The van der Waals surface area contributed by atoms with Crippen molar-refractivity contribution in [2.45, 2.75) is 12.5 Å². The Morgan fingerprint density at radius 3 is 2.90 bits per heavy atom. The molecule has 0 aliphatic carbocycles. The molecule has 1 fully saturated rings. The van der Waals surface area contributed by atoms with Gasteiger partial charge in [-0.25, -0.2) is 4.79 Å². The van der Waals surface area contributed by atoms with Gasteiger partial charge in [0.1, 0.15) is 0 Å². The number of ether oxygens (including phenoxy) is 1. The van der Waals surface area contributed by atoms with Crippen LogP contribution in [0.25, 0.3) is 0 Å². The van der Waals surface area contributed by atoms with E-state index in [1.54, 1.807) is 23.1 Å². The fourth-order valence-corrected chi connectivity index (χ4v) is 2.39. The number of benzene rings is 1. The summed E-state index contributed by atoms with van der Waals surface area (Å²) < 4.78 is 5.31. The Morgan fingerprint density at radius 2 is 2.25 bits per heavy atom. The maximum absolute atomic E-state index is 12.3. The number of likely N-dealkylation sites (tertiary alicyclic amines) is 1. The van der Waals surface area contributed by atoms with Crippen LogP contribution in [0.15, 0.2) is 22.7 Å². The molecule has 2 amide bonds. The molecule has 0 spiro atoms. The smallest absolute Gasteiger partial charge is 0.407 e. The molecule has 1 saturated heterocycles. The summed E-state index contributed by atoms with van der Waals surface area (Å²) in [6.45, 7) is 1.08. The van der Waals surface area contributed by atoms with E-state index in [2.05, 4.69) is 26.0 Å². The highest BCUT2D eigenvalue weighted by Crippen LogP contribution is 2.22. The van der Waals surface area contributed by atoms with Crippen molar-refractivity contribution in [3.05, 3.63) is 28.2 Å². The fraction of sp³-hybridized carbons (Fsp3) is 0.385. The largest absolute Gasteiger partial charge is 0.453 e. The second-order valence-electron chi connectivity index (χ2n) is 4.61. The zero-order valence-corrected chi connectivity index (χ0v) is 12.6. The van der Waals surface area contributed by atoms with Crippen LogP contribution in [0.4, 0.5) is 10.5 Å². The molecule has 1 aliphatic heterocycles. The quantitative estimate of drug-likeness (QED) is 0.800. The van der Waals surface area contributed by atoms with Crippen molar-refractivity contribution in [2.24, 2.45) is 0 Å². The molecule has 3 N–H and O–H groups in total. The maximum atomic E-state index is 12.3. The van der Waals surface area contributed by atoms with Gasteiger partial charge in [0, 0.05) is 28.8 Å². The molecule has 0 aromatic heterocycles. The first-order valence-corrected chi connectivity index (χ1v) is 6.99. The molecule has 2 rings (SSSR count). The average Bonchev–Trinajstić information content (AvgIpc) is 2.89. The Balaban J connectivity index is 2.00. The van der Waals surface area contributed by atoms with Gasteiger partial charge in [0.2, 0.25) is 0 Å². The molecule has 7 heteroatoms. The number of nitrogens with zero attached hydrogens (tertiary/aromatic N) is 1. The van der Waals surface area contributed by atoms with Gasteiger partial charge < -0.3 is 20.7 Å². The number of anilines is 1. The minimum Gasteiger partial charge on any atom is -0.453 e. The van der Waals surface area contributed by atoms with Crippen molar-refractivity contribution in [3.8, 4) is 0 Å². The van der Waals surface area contributed by atoms with Gasteiger partial charge in [-0.2, -0.15) is 0 Å². The number of carbonyl (C=O) groups is 2. The summed E-state index contributed by atoms with van der Waals surface area (Å²) in [7, 11) is 1.32. The predicted octanol–water partition coefficient (Wildman–Crippen LogP) is 1.60. The topological polar surface area (TPSA) is 84.7 Å². The molecule has 0 saturated carbocycles. The second kappa shape index (κ2) is 6.13. The number of alkyl carbamates (subject to hydrolysis) is 1. The van der Waals surface area contributed by atoms with E-state index in [9.17, 15) is 9.59 Å². The third kappa shape index (κ3) is 3.22. The first kappa shape index (κ1) is 14.6. The Hall–Kier alpha value is -1.76. The number of hydrogen-bond donors (Lipinski definition) is 2. The van der Waals surface area contributed by atoms with E-state index >= 15 is 0 Å². The normalized spacial score (nSPS) is 17.9. The summed E-state index contributed by atoms with van der Waals surface area (Å²) in [6, 6.07) is 5.05. The lowest BCUT2D eigenvalue weighted by atomic mass is 10.2. The molecule has 1 aliphatic rings. The van der Waals surface area contributed by atoms with E-state index < -0.39 is 6.09 Å².